The zero-order chi connectivity index (χ0) is 14.9. The molecule has 3 unspecified atom stereocenters. The highest BCUT2D eigenvalue weighted by molar-refractivity contribution is 5.27. The normalized spacial score (nSPS) is 23.6. The first-order valence-electron chi connectivity index (χ1n) is 6.97. The van der Waals surface area contributed by atoms with E-state index in [1.807, 2.05) is 13.8 Å². The summed E-state index contributed by atoms with van der Waals surface area (Å²) in [6.45, 7) is 7.23. The van der Waals surface area contributed by atoms with Gasteiger partial charge in [0, 0.05) is 30.7 Å². The molecule has 1 fully saturated rings. The van der Waals surface area contributed by atoms with Crippen LogP contribution in [0.25, 0.3) is 0 Å². The van der Waals surface area contributed by atoms with Gasteiger partial charge in [0.05, 0.1) is 12.7 Å². The molecule has 1 aliphatic rings. The lowest BCUT2D eigenvalue weighted by atomic mass is 10.0. The van der Waals surface area contributed by atoms with Crippen LogP contribution in [0.15, 0.2) is 12.1 Å². The molecule has 0 saturated carbocycles. The van der Waals surface area contributed by atoms with Gasteiger partial charge in [0.1, 0.15) is 11.6 Å². The minimum absolute atomic E-state index is 0.0652. The maximum atomic E-state index is 14.0. The van der Waals surface area contributed by atoms with Crippen LogP contribution in [-0.2, 0) is 4.74 Å². The average molecular weight is 284 g/mol. The SMILES string of the molecule is Cc1cc(F)c(C(C)N2CCOC(C(C)N)C2)cc1F. The minimum atomic E-state index is -0.370. The van der Waals surface area contributed by atoms with Gasteiger partial charge in [0.2, 0.25) is 0 Å². The second-order valence-electron chi connectivity index (χ2n) is 5.56. The van der Waals surface area contributed by atoms with Crippen LogP contribution < -0.4 is 5.73 Å². The Hall–Kier alpha value is -1.04. The maximum Gasteiger partial charge on any atom is 0.128 e. The molecular weight excluding hydrogens is 262 g/mol. The molecule has 0 aromatic heterocycles. The molecule has 0 aliphatic carbocycles. The first-order valence-corrected chi connectivity index (χ1v) is 6.97. The van der Waals surface area contributed by atoms with Crippen molar-refractivity contribution in [2.75, 3.05) is 19.7 Å². The van der Waals surface area contributed by atoms with E-state index in [2.05, 4.69) is 4.90 Å². The van der Waals surface area contributed by atoms with Crippen LogP contribution in [0.4, 0.5) is 8.78 Å². The Balaban J connectivity index is 2.18. The molecule has 3 nitrogen and oxygen atoms in total. The Morgan fingerprint density at radius 1 is 1.30 bits per heavy atom. The summed E-state index contributed by atoms with van der Waals surface area (Å²) in [5.74, 6) is -0.731. The van der Waals surface area contributed by atoms with Crippen molar-refractivity contribution in [2.24, 2.45) is 5.73 Å². The predicted molar refractivity (Wildman–Crippen MR) is 74.5 cm³/mol. The van der Waals surface area contributed by atoms with Gasteiger partial charge in [-0.1, -0.05) is 0 Å². The molecule has 20 heavy (non-hydrogen) atoms. The second kappa shape index (κ2) is 6.16. The first kappa shape index (κ1) is 15.4. The highest BCUT2D eigenvalue weighted by Crippen LogP contribution is 2.27. The molecule has 0 spiro atoms. The van der Waals surface area contributed by atoms with E-state index in [-0.39, 0.29) is 29.8 Å². The summed E-state index contributed by atoms with van der Waals surface area (Å²) in [5, 5.41) is 0. The fraction of sp³-hybridized carbons (Fsp3) is 0.600. The zero-order valence-electron chi connectivity index (χ0n) is 12.2. The van der Waals surface area contributed by atoms with Crippen molar-refractivity contribution in [3.63, 3.8) is 0 Å². The Morgan fingerprint density at radius 2 is 2.00 bits per heavy atom. The number of benzene rings is 1. The number of halogens is 2. The molecule has 1 saturated heterocycles. The number of rotatable bonds is 3. The summed E-state index contributed by atoms with van der Waals surface area (Å²) < 4.78 is 33.3. The number of hydrogen-bond acceptors (Lipinski definition) is 3. The summed E-state index contributed by atoms with van der Waals surface area (Å²) in [4.78, 5) is 2.09. The minimum Gasteiger partial charge on any atom is -0.374 e. The standard InChI is InChI=1S/C15H22F2N2O/c1-9-6-14(17)12(7-13(9)16)11(3)19-4-5-20-15(8-19)10(2)18/h6-7,10-11,15H,4-5,8,18H2,1-3H3. The van der Waals surface area contributed by atoms with Crippen LogP contribution in [0.2, 0.25) is 0 Å². The van der Waals surface area contributed by atoms with Crippen molar-refractivity contribution in [1.29, 1.82) is 0 Å². The largest absolute Gasteiger partial charge is 0.374 e. The number of hydrogen-bond donors (Lipinski definition) is 1. The third-order valence-corrected chi connectivity index (χ3v) is 3.99. The van der Waals surface area contributed by atoms with Gasteiger partial charge in [-0.3, -0.25) is 4.90 Å². The molecule has 2 N–H and O–H groups in total. The van der Waals surface area contributed by atoms with Crippen LogP contribution in [0, 0.1) is 18.6 Å². The molecule has 0 amide bonds. The van der Waals surface area contributed by atoms with Crippen LogP contribution in [0.5, 0.6) is 0 Å². The van der Waals surface area contributed by atoms with E-state index in [9.17, 15) is 8.78 Å². The summed E-state index contributed by atoms with van der Waals surface area (Å²) >= 11 is 0. The van der Waals surface area contributed by atoms with Crippen LogP contribution >= 0.6 is 0 Å². The maximum absolute atomic E-state index is 14.0. The van der Waals surface area contributed by atoms with E-state index in [4.69, 9.17) is 10.5 Å². The molecular formula is C15H22F2N2O. The molecule has 0 radical (unpaired) electrons. The van der Waals surface area contributed by atoms with Crippen molar-refractivity contribution in [3.8, 4) is 0 Å². The van der Waals surface area contributed by atoms with Gasteiger partial charge in [0.15, 0.2) is 0 Å². The Morgan fingerprint density at radius 3 is 2.65 bits per heavy atom. The highest BCUT2D eigenvalue weighted by Gasteiger charge is 2.28. The molecule has 0 bridgehead atoms. The number of ether oxygens (including phenoxy) is 1. The van der Waals surface area contributed by atoms with Gasteiger partial charge in [-0.15, -0.1) is 0 Å². The van der Waals surface area contributed by atoms with Gasteiger partial charge in [-0.05, 0) is 38.5 Å². The van der Waals surface area contributed by atoms with Gasteiger partial charge < -0.3 is 10.5 Å². The van der Waals surface area contributed by atoms with Crippen molar-refractivity contribution < 1.29 is 13.5 Å². The topological polar surface area (TPSA) is 38.5 Å². The molecule has 3 atom stereocenters. The van der Waals surface area contributed by atoms with Crippen LogP contribution in [0.1, 0.15) is 31.0 Å². The van der Waals surface area contributed by atoms with Gasteiger partial charge in [0.25, 0.3) is 0 Å². The third-order valence-electron chi connectivity index (χ3n) is 3.99. The number of nitrogens with zero attached hydrogens (tertiary/aromatic N) is 1. The number of nitrogens with two attached hydrogens (primary N) is 1. The van der Waals surface area contributed by atoms with E-state index in [1.165, 1.54) is 12.1 Å². The highest BCUT2D eigenvalue weighted by atomic mass is 19.1. The van der Waals surface area contributed by atoms with Crippen molar-refractivity contribution >= 4 is 0 Å². The van der Waals surface area contributed by atoms with Crippen molar-refractivity contribution in [2.45, 2.75) is 39.0 Å². The summed E-state index contributed by atoms with van der Waals surface area (Å²) in [5.41, 5.74) is 6.57. The Kier molecular flexibility index (Phi) is 4.73. The van der Waals surface area contributed by atoms with Crippen LogP contribution in [-0.4, -0.2) is 36.7 Å². The van der Waals surface area contributed by atoms with E-state index < -0.39 is 0 Å². The molecule has 1 heterocycles. The first-order chi connectivity index (χ1) is 9.40. The fourth-order valence-corrected chi connectivity index (χ4v) is 2.54. The summed E-state index contributed by atoms with van der Waals surface area (Å²) in [7, 11) is 0. The van der Waals surface area contributed by atoms with E-state index >= 15 is 0 Å². The molecule has 1 aromatic rings. The lowest BCUT2D eigenvalue weighted by Gasteiger charge is -2.38. The molecule has 112 valence electrons. The smallest absolute Gasteiger partial charge is 0.128 e. The van der Waals surface area contributed by atoms with Crippen molar-refractivity contribution in [3.05, 3.63) is 34.9 Å². The molecule has 1 aliphatic heterocycles. The van der Waals surface area contributed by atoms with E-state index in [0.717, 1.165) is 0 Å². The molecule has 2 rings (SSSR count). The van der Waals surface area contributed by atoms with Crippen LogP contribution in [0.3, 0.4) is 0 Å². The Bertz CT molecular complexity index is 479. The Labute approximate surface area is 118 Å². The monoisotopic (exact) mass is 284 g/mol. The average Bonchev–Trinajstić information content (AvgIpc) is 2.42. The predicted octanol–water partition coefficient (Wildman–Crippen LogP) is 2.38. The lowest BCUT2D eigenvalue weighted by Crippen LogP contribution is -2.50. The van der Waals surface area contributed by atoms with E-state index in [1.54, 1.807) is 6.92 Å². The number of aryl methyl sites for hydroxylation is 1. The van der Waals surface area contributed by atoms with Gasteiger partial charge in [-0.25, -0.2) is 8.78 Å². The molecule has 5 heteroatoms. The summed E-state index contributed by atoms with van der Waals surface area (Å²) in [6, 6.07) is 2.27. The van der Waals surface area contributed by atoms with Crippen molar-refractivity contribution in [1.82, 2.24) is 4.90 Å². The fourth-order valence-electron chi connectivity index (χ4n) is 2.54. The lowest BCUT2D eigenvalue weighted by molar-refractivity contribution is -0.0502. The zero-order valence-corrected chi connectivity index (χ0v) is 12.2. The quantitative estimate of drug-likeness (QED) is 0.926. The second-order valence-corrected chi connectivity index (χ2v) is 5.56. The van der Waals surface area contributed by atoms with Gasteiger partial charge in [-0.2, -0.15) is 0 Å². The third kappa shape index (κ3) is 3.16. The number of morpholine rings is 1. The molecule has 1 aromatic carbocycles. The van der Waals surface area contributed by atoms with Gasteiger partial charge >= 0.3 is 0 Å². The van der Waals surface area contributed by atoms with E-state index in [0.29, 0.717) is 30.8 Å². The summed E-state index contributed by atoms with van der Waals surface area (Å²) in [6.07, 6.45) is -0.0652.